The summed E-state index contributed by atoms with van der Waals surface area (Å²) in [6, 6.07) is 16.4. The van der Waals surface area contributed by atoms with Crippen LogP contribution in [0.15, 0.2) is 63.5 Å². The van der Waals surface area contributed by atoms with E-state index in [9.17, 15) is 4.79 Å². The minimum atomic E-state index is -0.499. The molecule has 3 rings (SSSR count). The fourth-order valence-electron chi connectivity index (χ4n) is 2.20. The summed E-state index contributed by atoms with van der Waals surface area (Å²) in [7, 11) is 0. The molecule has 0 aliphatic carbocycles. The fourth-order valence-corrected chi connectivity index (χ4v) is 3.41. The molecule has 6 heteroatoms. The summed E-state index contributed by atoms with van der Waals surface area (Å²) in [6.07, 6.45) is 0. The number of halogens is 3. The van der Waals surface area contributed by atoms with Gasteiger partial charge in [-0.3, -0.25) is 0 Å². The van der Waals surface area contributed by atoms with Crippen LogP contribution in [-0.2, 0) is 4.79 Å². The second-order valence-corrected chi connectivity index (χ2v) is 7.11. The van der Waals surface area contributed by atoms with E-state index in [-0.39, 0.29) is 6.61 Å². The van der Waals surface area contributed by atoms with Gasteiger partial charge in [-0.25, -0.2) is 4.79 Å². The third-order valence-electron chi connectivity index (χ3n) is 3.29. The molecule has 3 aromatic carbocycles. The Kier molecular flexibility index (Phi) is 5.43. The van der Waals surface area contributed by atoms with Gasteiger partial charge in [0.15, 0.2) is 6.61 Å². The van der Waals surface area contributed by atoms with Crippen LogP contribution in [0.3, 0.4) is 0 Å². The van der Waals surface area contributed by atoms with E-state index in [0.29, 0.717) is 16.5 Å². The molecule has 3 nitrogen and oxygen atoms in total. The third-order valence-corrected chi connectivity index (χ3v) is 4.77. The van der Waals surface area contributed by atoms with Crippen molar-refractivity contribution in [3.8, 4) is 11.5 Å². The zero-order valence-corrected chi connectivity index (χ0v) is 16.2. The summed E-state index contributed by atoms with van der Waals surface area (Å²) in [5, 5.41) is 2.24. The van der Waals surface area contributed by atoms with Crippen LogP contribution in [0.4, 0.5) is 0 Å². The number of ether oxygens (including phenoxy) is 2. The summed E-state index contributed by atoms with van der Waals surface area (Å²) >= 11 is 12.9. The number of carbonyl (C=O) groups excluding carboxylic acids is 1. The molecular weight excluding hydrogens is 459 g/mol. The van der Waals surface area contributed by atoms with Crippen molar-refractivity contribution in [2.45, 2.75) is 0 Å². The molecule has 0 heterocycles. The highest BCUT2D eigenvalue weighted by molar-refractivity contribution is 9.11. The standard InChI is InChI=1S/C18H11Br2ClO3/c19-11-5-7-17(15(21)9-11)23-10-18(22)24-16-8-6-14(20)12-3-1-2-4-13(12)16/h1-9H,10H2. The van der Waals surface area contributed by atoms with E-state index in [1.807, 2.05) is 30.3 Å². The molecule has 0 atom stereocenters. The lowest BCUT2D eigenvalue weighted by Crippen LogP contribution is -2.18. The second-order valence-electron chi connectivity index (χ2n) is 4.93. The smallest absolute Gasteiger partial charge is 0.349 e. The minimum absolute atomic E-state index is 0.230. The predicted octanol–water partition coefficient (Wildman–Crippen LogP) is 6.00. The molecule has 0 unspecified atom stereocenters. The van der Waals surface area contributed by atoms with Crippen molar-refractivity contribution in [3.63, 3.8) is 0 Å². The minimum Gasteiger partial charge on any atom is -0.480 e. The predicted molar refractivity (Wildman–Crippen MR) is 102 cm³/mol. The highest BCUT2D eigenvalue weighted by atomic mass is 79.9. The van der Waals surface area contributed by atoms with E-state index < -0.39 is 5.97 Å². The zero-order valence-electron chi connectivity index (χ0n) is 12.3. The van der Waals surface area contributed by atoms with Gasteiger partial charge in [0.2, 0.25) is 0 Å². The van der Waals surface area contributed by atoms with Crippen molar-refractivity contribution in [1.82, 2.24) is 0 Å². The normalized spacial score (nSPS) is 10.6. The Morgan fingerprint density at radius 1 is 0.958 bits per heavy atom. The van der Waals surface area contributed by atoms with Gasteiger partial charge in [-0.05, 0) is 35.7 Å². The van der Waals surface area contributed by atoms with Gasteiger partial charge in [-0.2, -0.15) is 0 Å². The molecule has 0 spiro atoms. The molecule has 24 heavy (non-hydrogen) atoms. The molecule has 0 aliphatic rings. The lowest BCUT2D eigenvalue weighted by molar-refractivity contribution is -0.136. The van der Waals surface area contributed by atoms with E-state index in [4.69, 9.17) is 21.1 Å². The van der Waals surface area contributed by atoms with Crippen molar-refractivity contribution in [2.75, 3.05) is 6.61 Å². The van der Waals surface area contributed by atoms with Crippen molar-refractivity contribution in [2.24, 2.45) is 0 Å². The Labute approximate surface area is 160 Å². The van der Waals surface area contributed by atoms with Crippen LogP contribution < -0.4 is 9.47 Å². The van der Waals surface area contributed by atoms with Gasteiger partial charge in [-0.15, -0.1) is 0 Å². The molecule has 0 aromatic heterocycles. The van der Waals surface area contributed by atoms with E-state index in [1.54, 1.807) is 24.3 Å². The number of benzene rings is 3. The van der Waals surface area contributed by atoms with Crippen LogP contribution in [0.2, 0.25) is 5.02 Å². The summed E-state index contributed by atoms with van der Waals surface area (Å²) < 4.78 is 12.6. The van der Waals surface area contributed by atoms with Gasteiger partial charge in [0.05, 0.1) is 5.02 Å². The third kappa shape index (κ3) is 3.91. The van der Waals surface area contributed by atoms with Crippen LogP contribution in [0.25, 0.3) is 10.8 Å². The maximum Gasteiger partial charge on any atom is 0.349 e. The Balaban J connectivity index is 1.72. The van der Waals surface area contributed by atoms with Crippen LogP contribution in [0, 0.1) is 0 Å². The monoisotopic (exact) mass is 468 g/mol. The lowest BCUT2D eigenvalue weighted by atomic mass is 10.1. The number of hydrogen-bond acceptors (Lipinski definition) is 3. The number of hydrogen-bond donors (Lipinski definition) is 0. The van der Waals surface area contributed by atoms with Crippen molar-refractivity contribution in [1.29, 1.82) is 0 Å². The van der Waals surface area contributed by atoms with Gasteiger partial charge in [0, 0.05) is 14.3 Å². The molecule has 3 aromatic rings. The van der Waals surface area contributed by atoms with Crippen LogP contribution >= 0.6 is 43.5 Å². The Morgan fingerprint density at radius 3 is 2.42 bits per heavy atom. The topological polar surface area (TPSA) is 35.5 Å². The van der Waals surface area contributed by atoms with Crippen LogP contribution in [-0.4, -0.2) is 12.6 Å². The van der Waals surface area contributed by atoms with E-state index in [0.717, 1.165) is 19.7 Å². The zero-order chi connectivity index (χ0) is 17.1. The maximum atomic E-state index is 12.1. The molecule has 0 bridgehead atoms. The lowest BCUT2D eigenvalue weighted by Gasteiger charge is -2.10. The Hall–Kier alpha value is -1.56. The highest BCUT2D eigenvalue weighted by Crippen LogP contribution is 2.32. The summed E-state index contributed by atoms with van der Waals surface area (Å²) in [5.41, 5.74) is 0. The Bertz CT molecular complexity index is 912. The van der Waals surface area contributed by atoms with Crippen LogP contribution in [0.5, 0.6) is 11.5 Å². The fraction of sp³-hybridized carbons (Fsp3) is 0.0556. The largest absolute Gasteiger partial charge is 0.480 e. The molecule has 0 amide bonds. The number of rotatable bonds is 4. The first-order valence-corrected chi connectivity index (χ1v) is 8.97. The maximum absolute atomic E-state index is 12.1. The van der Waals surface area contributed by atoms with Gasteiger partial charge in [-0.1, -0.05) is 67.7 Å². The number of esters is 1. The first-order chi connectivity index (χ1) is 11.5. The summed E-state index contributed by atoms with van der Waals surface area (Å²) in [5.74, 6) is 0.420. The van der Waals surface area contributed by atoms with Gasteiger partial charge in [0.1, 0.15) is 11.5 Å². The molecule has 0 saturated carbocycles. The van der Waals surface area contributed by atoms with E-state index in [1.165, 1.54) is 0 Å². The molecule has 0 saturated heterocycles. The van der Waals surface area contributed by atoms with E-state index >= 15 is 0 Å². The van der Waals surface area contributed by atoms with Crippen LogP contribution in [0.1, 0.15) is 0 Å². The van der Waals surface area contributed by atoms with Crippen molar-refractivity contribution in [3.05, 3.63) is 68.6 Å². The first kappa shape index (κ1) is 17.3. The number of fused-ring (bicyclic) bond motifs is 1. The van der Waals surface area contributed by atoms with Crippen molar-refractivity contribution >= 4 is 60.2 Å². The van der Waals surface area contributed by atoms with Gasteiger partial charge < -0.3 is 9.47 Å². The average molecular weight is 471 g/mol. The first-order valence-electron chi connectivity index (χ1n) is 7.00. The molecule has 0 aliphatic heterocycles. The molecule has 122 valence electrons. The number of carbonyl (C=O) groups is 1. The van der Waals surface area contributed by atoms with Crippen molar-refractivity contribution < 1.29 is 14.3 Å². The molecule has 0 N–H and O–H groups in total. The van der Waals surface area contributed by atoms with E-state index in [2.05, 4.69) is 31.9 Å². The quantitative estimate of drug-likeness (QED) is 0.346. The average Bonchev–Trinajstić information content (AvgIpc) is 2.57. The Morgan fingerprint density at radius 2 is 1.67 bits per heavy atom. The second kappa shape index (κ2) is 7.55. The van der Waals surface area contributed by atoms with Gasteiger partial charge >= 0.3 is 5.97 Å². The van der Waals surface area contributed by atoms with Gasteiger partial charge in [0.25, 0.3) is 0 Å². The highest BCUT2D eigenvalue weighted by Gasteiger charge is 2.12. The summed E-state index contributed by atoms with van der Waals surface area (Å²) in [4.78, 5) is 12.1. The molecule has 0 radical (unpaired) electrons. The molecular formula is C18H11Br2ClO3. The molecule has 0 fully saturated rings. The summed E-state index contributed by atoms with van der Waals surface area (Å²) in [6.45, 7) is -0.230. The SMILES string of the molecule is O=C(COc1ccc(Br)cc1Cl)Oc1ccc(Br)c2ccccc12.